The van der Waals surface area contributed by atoms with Crippen molar-refractivity contribution in [2.75, 3.05) is 13.2 Å². The Bertz CT molecular complexity index is 1220. The van der Waals surface area contributed by atoms with Gasteiger partial charge < -0.3 is 9.47 Å². The molecule has 1 aliphatic heterocycles. The minimum atomic E-state index is -0.292. The quantitative estimate of drug-likeness (QED) is 0.359. The lowest BCUT2D eigenvalue weighted by molar-refractivity contribution is -0.123. The molecule has 34 heavy (non-hydrogen) atoms. The minimum Gasteiger partial charge on any atom is -0.491 e. The number of nitrogens with zero attached hydrogens (tertiary/aromatic N) is 1. The average Bonchev–Trinajstić information content (AvgIpc) is 3.09. The summed E-state index contributed by atoms with van der Waals surface area (Å²) >= 11 is 0.953. The molecule has 0 aromatic heterocycles. The lowest BCUT2D eigenvalue weighted by Gasteiger charge is -2.14. The molecule has 0 radical (unpaired) electrons. The van der Waals surface area contributed by atoms with Crippen molar-refractivity contribution in [2.24, 2.45) is 0 Å². The maximum atomic E-state index is 12.8. The van der Waals surface area contributed by atoms with Gasteiger partial charge in [0, 0.05) is 0 Å². The Morgan fingerprint density at radius 2 is 1.56 bits per heavy atom. The Morgan fingerprint density at radius 3 is 2.29 bits per heavy atom. The van der Waals surface area contributed by atoms with Crippen molar-refractivity contribution in [1.82, 2.24) is 4.90 Å². The van der Waals surface area contributed by atoms with Crippen LogP contribution in [0.2, 0.25) is 0 Å². The second-order valence-corrected chi connectivity index (χ2v) is 9.29. The van der Waals surface area contributed by atoms with E-state index in [4.69, 9.17) is 9.47 Å². The first-order valence-corrected chi connectivity index (χ1v) is 11.9. The summed E-state index contributed by atoms with van der Waals surface area (Å²) in [6.45, 7) is 6.97. The number of hydrogen-bond donors (Lipinski definition) is 0. The molecule has 4 rings (SSSR count). The first-order chi connectivity index (χ1) is 16.4. The lowest BCUT2D eigenvalue weighted by Crippen LogP contribution is -2.32. The third kappa shape index (κ3) is 5.88. The van der Waals surface area contributed by atoms with Gasteiger partial charge in [-0.1, -0.05) is 54.1 Å². The Hall–Kier alpha value is -3.51. The van der Waals surface area contributed by atoms with E-state index in [1.54, 1.807) is 6.08 Å². The molecule has 0 saturated carbocycles. The fourth-order valence-electron chi connectivity index (χ4n) is 3.47. The Morgan fingerprint density at radius 1 is 0.853 bits per heavy atom. The van der Waals surface area contributed by atoms with E-state index in [1.807, 2.05) is 68.4 Å². The van der Waals surface area contributed by atoms with Crippen LogP contribution < -0.4 is 9.47 Å². The van der Waals surface area contributed by atoms with Crippen molar-refractivity contribution in [3.63, 3.8) is 0 Å². The summed E-state index contributed by atoms with van der Waals surface area (Å²) in [5.41, 5.74) is 5.27. The second kappa shape index (κ2) is 10.6. The van der Waals surface area contributed by atoms with Gasteiger partial charge in [0.25, 0.3) is 11.1 Å². The zero-order chi connectivity index (χ0) is 24.1. The molecule has 0 spiro atoms. The molecule has 0 unspecified atom stereocenters. The highest BCUT2D eigenvalue weighted by Gasteiger charge is 2.34. The predicted octanol–water partition coefficient (Wildman–Crippen LogP) is 6.31. The largest absolute Gasteiger partial charge is 0.491 e. The molecule has 0 N–H and O–H groups in total. The number of carbonyl (C=O) groups excluding carboxylic acids is 2. The van der Waals surface area contributed by atoms with Crippen LogP contribution in [-0.4, -0.2) is 29.2 Å². The number of carbonyl (C=O) groups is 2. The number of ether oxygens (including phenoxy) is 2. The van der Waals surface area contributed by atoms with E-state index in [1.165, 1.54) is 10.5 Å². The molecule has 1 heterocycles. The van der Waals surface area contributed by atoms with Gasteiger partial charge >= 0.3 is 0 Å². The molecule has 6 heteroatoms. The molecule has 3 aromatic carbocycles. The summed E-state index contributed by atoms with van der Waals surface area (Å²) in [6.07, 6.45) is 1.74. The molecule has 3 aromatic rings. The minimum absolute atomic E-state index is 0.210. The highest BCUT2D eigenvalue weighted by Crippen LogP contribution is 2.32. The third-order valence-electron chi connectivity index (χ3n) is 5.49. The topological polar surface area (TPSA) is 55.8 Å². The van der Waals surface area contributed by atoms with Gasteiger partial charge in [0.2, 0.25) is 0 Å². The van der Waals surface area contributed by atoms with Crippen LogP contribution in [0.3, 0.4) is 0 Å². The number of rotatable bonds is 8. The van der Waals surface area contributed by atoms with E-state index in [-0.39, 0.29) is 24.3 Å². The first-order valence-electron chi connectivity index (χ1n) is 11.1. The van der Waals surface area contributed by atoms with Crippen LogP contribution in [0.25, 0.3) is 6.08 Å². The zero-order valence-electron chi connectivity index (χ0n) is 19.5. The number of benzene rings is 3. The van der Waals surface area contributed by atoms with Gasteiger partial charge in [-0.3, -0.25) is 14.5 Å². The number of hydrogen-bond acceptors (Lipinski definition) is 5. The molecule has 0 bridgehead atoms. The normalized spacial score (nSPS) is 14.7. The summed E-state index contributed by atoms with van der Waals surface area (Å²) in [5, 5.41) is -0.279. The van der Waals surface area contributed by atoms with Gasteiger partial charge in [-0.15, -0.1) is 0 Å². The number of amides is 2. The molecule has 0 aliphatic carbocycles. The Labute approximate surface area is 204 Å². The summed E-state index contributed by atoms with van der Waals surface area (Å²) in [5.74, 6) is 1.22. The van der Waals surface area contributed by atoms with E-state index < -0.39 is 0 Å². The van der Waals surface area contributed by atoms with Crippen LogP contribution in [0.5, 0.6) is 11.5 Å². The fourth-order valence-corrected chi connectivity index (χ4v) is 4.33. The van der Waals surface area contributed by atoms with E-state index in [0.717, 1.165) is 45.5 Å². The molecule has 1 fully saturated rings. The van der Waals surface area contributed by atoms with Crippen LogP contribution in [-0.2, 0) is 11.4 Å². The maximum Gasteiger partial charge on any atom is 0.293 e. The van der Waals surface area contributed by atoms with E-state index >= 15 is 0 Å². The molecule has 5 nitrogen and oxygen atoms in total. The second-order valence-electron chi connectivity index (χ2n) is 8.29. The molecular formula is C28H27NO4S. The molecule has 0 atom stereocenters. The highest BCUT2D eigenvalue weighted by molar-refractivity contribution is 8.18. The van der Waals surface area contributed by atoms with Crippen LogP contribution in [0.4, 0.5) is 4.79 Å². The van der Waals surface area contributed by atoms with Crippen molar-refractivity contribution in [1.29, 1.82) is 0 Å². The van der Waals surface area contributed by atoms with Gasteiger partial charge in [-0.2, -0.15) is 0 Å². The average molecular weight is 474 g/mol. The number of thioether (sulfide) groups is 1. The summed E-state index contributed by atoms with van der Waals surface area (Å²) < 4.78 is 11.7. The monoisotopic (exact) mass is 473 g/mol. The third-order valence-corrected chi connectivity index (χ3v) is 6.40. The summed E-state index contributed by atoms with van der Waals surface area (Å²) in [4.78, 5) is 26.8. The predicted molar refractivity (Wildman–Crippen MR) is 136 cm³/mol. The molecule has 174 valence electrons. The summed E-state index contributed by atoms with van der Waals surface area (Å²) in [6, 6.07) is 21.7. The first kappa shape index (κ1) is 23.6. The number of aryl methyl sites for hydroxylation is 3. The van der Waals surface area contributed by atoms with Crippen LogP contribution in [0.15, 0.2) is 71.6 Å². The molecule has 1 saturated heterocycles. The van der Waals surface area contributed by atoms with Gasteiger partial charge in [0.05, 0.1) is 11.4 Å². The SMILES string of the molecule is Cc1ccc(COc2ccc(/C=C3\SC(=O)N(CCOc4cc(C)ccc4C)C3=O)cc2)cc1. The van der Waals surface area contributed by atoms with E-state index in [0.29, 0.717) is 11.5 Å². The lowest BCUT2D eigenvalue weighted by atomic mass is 10.1. The van der Waals surface area contributed by atoms with Gasteiger partial charge in [0.1, 0.15) is 24.7 Å². The van der Waals surface area contributed by atoms with Gasteiger partial charge in [-0.25, -0.2) is 0 Å². The van der Waals surface area contributed by atoms with Gasteiger partial charge in [-0.05, 0) is 79.1 Å². The van der Waals surface area contributed by atoms with Gasteiger partial charge in [0.15, 0.2) is 0 Å². The van der Waals surface area contributed by atoms with E-state index in [9.17, 15) is 9.59 Å². The highest BCUT2D eigenvalue weighted by atomic mass is 32.2. The van der Waals surface area contributed by atoms with Crippen molar-refractivity contribution in [3.05, 3.63) is 99.5 Å². The standard InChI is InChI=1S/C28H27NO4S/c1-19-5-8-23(9-6-19)18-33-24-12-10-22(11-13-24)17-26-27(30)29(28(31)34-26)14-15-32-25-16-20(2)4-7-21(25)3/h4-13,16-17H,14-15,18H2,1-3H3/b26-17-. The molecular weight excluding hydrogens is 446 g/mol. The van der Waals surface area contributed by atoms with Crippen LogP contribution >= 0.6 is 11.8 Å². The molecule has 1 aliphatic rings. The Balaban J connectivity index is 1.33. The van der Waals surface area contributed by atoms with Crippen LogP contribution in [0.1, 0.15) is 27.8 Å². The van der Waals surface area contributed by atoms with Crippen LogP contribution in [0, 0.1) is 20.8 Å². The van der Waals surface area contributed by atoms with E-state index in [2.05, 4.69) is 19.1 Å². The van der Waals surface area contributed by atoms with Crippen molar-refractivity contribution in [2.45, 2.75) is 27.4 Å². The Kier molecular flexibility index (Phi) is 7.38. The number of imide groups is 1. The summed E-state index contributed by atoms with van der Waals surface area (Å²) in [7, 11) is 0. The molecule has 2 amide bonds. The zero-order valence-corrected chi connectivity index (χ0v) is 20.4. The van der Waals surface area contributed by atoms with Crippen molar-refractivity contribution >= 4 is 29.0 Å². The smallest absolute Gasteiger partial charge is 0.293 e. The van der Waals surface area contributed by atoms with Crippen molar-refractivity contribution in [3.8, 4) is 11.5 Å². The van der Waals surface area contributed by atoms with Crippen molar-refractivity contribution < 1.29 is 19.1 Å². The maximum absolute atomic E-state index is 12.8. The fraction of sp³-hybridized carbons (Fsp3) is 0.214.